The molecular formula is C18H21N5O2. The lowest BCUT2D eigenvalue weighted by molar-refractivity contribution is -0.124. The Morgan fingerprint density at radius 2 is 2.16 bits per heavy atom. The molecule has 2 aromatic rings. The molecule has 1 amide bonds. The first-order valence-corrected chi connectivity index (χ1v) is 8.16. The Hall–Kier alpha value is -2.77. The van der Waals surface area contributed by atoms with Crippen molar-refractivity contribution in [2.75, 3.05) is 18.4 Å². The molecule has 2 heterocycles. The minimum absolute atomic E-state index is 0.124. The van der Waals surface area contributed by atoms with E-state index in [9.17, 15) is 4.79 Å². The van der Waals surface area contributed by atoms with E-state index in [4.69, 9.17) is 5.21 Å². The summed E-state index contributed by atoms with van der Waals surface area (Å²) < 4.78 is 0. The number of aromatic nitrogens is 2. The first-order chi connectivity index (χ1) is 12.2. The molecule has 0 spiro atoms. The molecule has 1 saturated heterocycles. The van der Waals surface area contributed by atoms with Crippen LogP contribution < -0.4 is 16.1 Å². The Bertz CT molecular complexity index is 742. The van der Waals surface area contributed by atoms with Gasteiger partial charge in [-0.3, -0.25) is 15.0 Å². The average Bonchev–Trinajstić information content (AvgIpc) is 3.08. The Balaban J connectivity index is 1.76. The normalized spacial score (nSPS) is 19.9. The molecule has 0 aliphatic carbocycles. The van der Waals surface area contributed by atoms with Crippen molar-refractivity contribution < 1.29 is 10.0 Å². The monoisotopic (exact) mass is 339 g/mol. The second-order valence-electron chi connectivity index (χ2n) is 6.13. The third kappa shape index (κ3) is 4.62. The number of rotatable bonds is 6. The van der Waals surface area contributed by atoms with Crippen molar-refractivity contribution in [1.29, 1.82) is 0 Å². The van der Waals surface area contributed by atoms with Gasteiger partial charge in [0.1, 0.15) is 5.82 Å². The van der Waals surface area contributed by atoms with E-state index in [1.165, 1.54) is 17.7 Å². The summed E-state index contributed by atoms with van der Waals surface area (Å²) in [4.78, 5) is 19.7. The lowest BCUT2D eigenvalue weighted by Crippen LogP contribution is -2.43. The van der Waals surface area contributed by atoms with Gasteiger partial charge in [-0.25, -0.2) is 10.5 Å². The van der Waals surface area contributed by atoms with Crippen LogP contribution in [0.1, 0.15) is 17.7 Å². The minimum atomic E-state index is -0.610. The van der Waals surface area contributed by atoms with Gasteiger partial charge in [0, 0.05) is 12.6 Å². The zero-order valence-electron chi connectivity index (χ0n) is 13.8. The standard InChI is InChI=1S/C18H21N5O2/c24-17(23-25)7-6-15-11-20-12-16(21-15)22-18(8-9-19-13-18)10-14-4-2-1-3-5-14/h1-7,11-12,19,25H,8-10,13H2,(H,21,22)(H,23,24)/b7-6+/t18-/m0/s1. The molecule has 4 N–H and O–H groups in total. The quantitative estimate of drug-likeness (QED) is 0.361. The Morgan fingerprint density at radius 3 is 2.88 bits per heavy atom. The van der Waals surface area contributed by atoms with Crippen LogP contribution >= 0.6 is 0 Å². The van der Waals surface area contributed by atoms with Gasteiger partial charge >= 0.3 is 0 Å². The van der Waals surface area contributed by atoms with Crippen molar-refractivity contribution in [3.63, 3.8) is 0 Å². The van der Waals surface area contributed by atoms with E-state index < -0.39 is 5.91 Å². The molecular weight excluding hydrogens is 318 g/mol. The van der Waals surface area contributed by atoms with Crippen LogP contribution in [0.15, 0.2) is 48.8 Å². The second-order valence-corrected chi connectivity index (χ2v) is 6.13. The van der Waals surface area contributed by atoms with Crippen molar-refractivity contribution in [2.24, 2.45) is 0 Å². The second kappa shape index (κ2) is 7.87. The number of hydrogen-bond donors (Lipinski definition) is 4. The predicted molar refractivity (Wildman–Crippen MR) is 95.0 cm³/mol. The van der Waals surface area contributed by atoms with Gasteiger partial charge in [0.25, 0.3) is 5.91 Å². The number of hydrogen-bond acceptors (Lipinski definition) is 6. The molecule has 1 aromatic heterocycles. The lowest BCUT2D eigenvalue weighted by Gasteiger charge is -2.30. The van der Waals surface area contributed by atoms with Gasteiger partial charge in [-0.2, -0.15) is 0 Å². The van der Waals surface area contributed by atoms with Crippen LogP contribution in [-0.4, -0.2) is 39.7 Å². The van der Waals surface area contributed by atoms with Gasteiger partial charge in [-0.05, 0) is 31.0 Å². The molecule has 7 nitrogen and oxygen atoms in total. The molecule has 1 aliphatic heterocycles. The summed E-state index contributed by atoms with van der Waals surface area (Å²) in [5.74, 6) is 0.0480. The zero-order valence-corrected chi connectivity index (χ0v) is 13.8. The van der Waals surface area contributed by atoms with E-state index in [0.29, 0.717) is 11.5 Å². The molecule has 0 radical (unpaired) electrons. The highest BCUT2D eigenvalue weighted by Gasteiger charge is 2.34. The first-order valence-electron chi connectivity index (χ1n) is 8.16. The summed E-state index contributed by atoms with van der Waals surface area (Å²) in [5.41, 5.74) is 3.22. The maximum Gasteiger partial charge on any atom is 0.267 e. The van der Waals surface area contributed by atoms with Gasteiger partial charge in [0.05, 0.1) is 23.6 Å². The Labute approximate surface area is 146 Å². The highest BCUT2D eigenvalue weighted by molar-refractivity contribution is 5.90. The van der Waals surface area contributed by atoms with Crippen LogP contribution in [0.25, 0.3) is 6.08 Å². The summed E-state index contributed by atoms with van der Waals surface area (Å²) in [6, 6.07) is 10.4. The summed E-state index contributed by atoms with van der Waals surface area (Å²) >= 11 is 0. The molecule has 25 heavy (non-hydrogen) atoms. The number of anilines is 1. The van der Waals surface area contributed by atoms with E-state index in [1.54, 1.807) is 17.9 Å². The molecule has 130 valence electrons. The fourth-order valence-corrected chi connectivity index (χ4v) is 3.02. The third-order valence-electron chi connectivity index (χ3n) is 4.19. The maximum absolute atomic E-state index is 11.1. The number of nitrogens with one attached hydrogen (secondary N) is 3. The molecule has 1 aromatic carbocycles. The number of carbonyl (C=O) groups is 1. The number of benzene rings is 1. The highest BCUT2D eigenvalue weighted by atomic mass is 16.5. The number of amides is 1. The maximum atomic E-state index is 11.1. The molecule has 0 bridgehead atoms. The molecule has 1 aliphatic rings. The zero-order chi connectivity index (χ0) is 17.5. The third-order valence-corrected chi connectivity index (χ3v) is 4.19. The number of hydroxylamine groups is 1. The highest BCUT2D eigenvalue weighted by Crippen LogP contribution is 2.25. The van der Waals surface area contributed by atoms with Gasteiger partial charge < -0.3 is 10.6 Å². The summed E-state index contributed by atoms with van der Waals surface area (Å²) in [6.07, 6.45) is 7.80. The largest absolute Gasteiger partial charge is 0.362 e. The summed E-state index contributed by atoms with van der Waals surface area (Å²) in [5, 5.41) is 15.5. The van der Waals surface area contributed by atoms with Crippen molar-refractivity contribution in [3.05, 3.63) is 60.1 Å². The van der Waals surface area contributed by atoms with Crippen LogP contribution in [-0.2, 0) is 11.2 Å². The molecule has 1 atom stereocenters. The topological polar surface area (TPSA) is 99.2 Å². The summed E-state index contributed by atoms with van der Waals surface area (Å²) in [7, 11) is 0. The van der Waals surface area contributed by atoms with E-state index in [0.717, 1.165) is 25.9 Å². The van der Waals surface area contributed by atoms with E-state index in [1.807, 2.05) is 18.2 Å². The van der Waals surface area contributed by atoms with Crippen LogP contribution in [0, 0.1) is 0 Å². The van der Waals surface area contributed by atoms with Gasteiger partial charge in [0.15, 0.2) is 0 Å². The van der Waals surface area contributed by atoms with Gasteiger partial charge in [-0.15, -0.1) is 0 Å². The number of nitrogens with zero attached hydrogens (tertiary/aromatic N) is 2. The van der Waals surface area contributed by atoms with Gasteiger partial charge in [-0.1, -0.05) is 30.3 Å². The summed E-state index contributed by atoms with van der Waals surface area (Å²) in [6.45, 7) is 1.79. The average molecular weight is 339 g/mol. The van der Waals surface area contributed by atoms with Crippen molar-refractivity contribution in [2.45, 2.75) is 18.4 Å². The van der Waals surface area contributed by atoms with Crippen molar-refractivity contribution in [3.8, 4) is 0 Å². The van der Waals surface area contributed by atoms with E-state index in [-0.39, 0.29) is 5.54 Å². The molecule has 7 heteroatoms. The lowest BCUT2D eigenvalue weighted by atomic mass is 9.90. The molecule has 0 unspecified atom stereocenters. The molecule has 1 fully saturated rings. The van der Waals surface area contributed by atoms with E-state index in [2.05, 4.69) is 32.7 Å². The van der Waals surface area contributed by atoms with Crippen LogP contribution in [0.3, 0.4) is 0 Å². The Kier molecular flexibility index (Phi) is 5.37. The van der Waals surface area contributed by atoms with Crippen LogP contribution in [0.5, 0.6) is 0 Å². The smallest absolute Gasteiger partial charge is 0.267 e. The van der Waals surface area contributed by atoms with E-state index >= 15 is 0 Å². The van der Waals surface area contributed by atoms with Crippen molar-refractivity contribution in [1.82, 2.24) is 20.8 Å². The fraction of sp³-hybridized carbons (Fsp3) is 0.278. The molecule has 0 saturated carbocycles. The predicted octanol–water partition coefficient (Wildman–Crippen LogP) is 1.38. The first kappa shape index (κ1) is 17.1. The fourth-order valence-electron chi connectivity index (χ4n) is 3.02. The molecule has 3 rings (SSSR count). The van der Waals surface area contributed by atoms with Crippen LogP contribution in [0.2, 0.25) is 0 Å². The number of carbonyl (C=O) groups excluding carboxylic acids is 1. The van der Waals surface area contributed by atoms with Gasteiger partial charge in [0.2, 0.25) is 0 Å². The SMILES string of the molecule is O=C(/C=C/c1cncc(N[C@]2(Cc3ccccc3)CCNC2)n1)NO. The van der Waals surface area contributed by atoms with Crippen molar-refractivity contribution >= 4 is 17.8 Å². The minimum Gasteiger partial charge on any atom is -0.362 e. The van der Waals surface area contributed by atoms with Crippen LogP contribution in [0.4, 0.5) is 5.82 Å². The Morgan fingerprint density at radius 1 is 1.32 bits per heavy atom.